The first-order valence-corrected chi connectivity index (χ1v) is 8.22. The normalized spacial score (nSPS) is 16.8. The Kier molecular flexibility index (Phi) is 5.38. The van der Waals surface area contributed by atoms with Crippen LogP contribution in [-0.4, -0.2) is 35.1 Å². The van der Waals surface area contributed by atoms with Crippen molar-refractivity contribution in [3.8, 4) is 0 Å². The van der Waals surface area contributed by atoms with E-state index >= 15 is 0 Å². The van der Waals surface area contributed by atoms with E-state index in [1.165, 1.54) is 18.0 Å². The van der Waals surface area contributed by atoms with Crippen molar-refractivity contribution in [3.05, 3.63) is 53.3 Å². The highest BCUT2D eigenvalue weighted by Crippen LogP contribution is 2.12. The second-order valence-corrected chi connectivity index (χ2v) is 5.98. The summed E-state index contributed by atoms with van der Waals surface area (Å²) in [4.78, 5) is 20.5. The molecule has 1 atom stereocenters. The van der Waals surface area contributed by atoms with E-state index in [0.717, 1.165) is 25.0 Å². The van der Waals surface area contributed by atoms with E-state index in [-0.39, 0.29) is 12.0 Å². The average Bonchev–Trinajstić information content (AvgIpc) is 3.12. The van der Waals surface area contributed by atoms with Gasteiger partial charge in [0.15, 0.2) is 0 Å². The van der Waals surface area contributed by atoms with Crippen molar-refractivity contribution in [2.75, 3.05) is 18.5 Å². The molecule has 126 valence electrons. The van der Waals surface area contributed by atoms with Gasteiger partial charge in [-0.15, -0.1) is 0 Å². The van der Waals surface area contributed by atoms with Crippen LogP contribution in [0, 0.1) is 6.92 Å². The summed E-state index contributed by atoms with van der Waals surface area (Å²) in [6.45, 7) is 4.03. The van der Waals surface area contributed by atoms with E-state index in [4.69, 9.17) is 4.74 Å². The first-order chi connectivity index (χ1) is 11.7. The molecule has 1 aliphatic heterocycles. The van der Waals surface area contributed by atoms with Crippen LogP contribution in [0.5, 0.6) is 0 Å². The lowest BCUT2D eigenvalue weighted by Crippen LogP contribution is -2.23. The summed E-state index contributed by atoms with van der Waals surface area (Å²) in [7, 11) is 0. The van der Waals surface area contributed by atoms with Crippen molar-refractivity contribution in [2.24, 2.45) is 0 Å². The van der Waals surface area contributed by atoms with E-state index in [1.54, 1.807) is 0 Å². The summed E-state index contributed by atoms with van der Waals surface area (Å²) in [5, 5.41) is 6.02. The molecule has 1 aliphatic rings. The van der Waals surface area contributed by atoms with Crippen LogP contribution >= 0.6 is 0 Å². The molecule has 0 saturated carbocycles. The number of carbonyl (C=O) groups excluding carboxylic acids is 1. The molecule has 24 heavy (non-hydrogen) atoms. The molecule has 1 unspecified atom stereocenters. The Bertz CT molecular complexity index is 682. The largest absolute Gasteiger partial charge is 0.376 e. The summed E-state index contributed by atoms with van der Waals surface area (Å²) in [6, 6.07) is 8.05. The molecule has 2 aromatic rings. The predicted molar refractivity (Wildman–Crippen MR) is 91.8 cm³/mol. The molecule has 1 aromatic heterocycles. The van der Waals surface area contributed by atoms with Crippen LogP contribution in [0.2, 0.25) is 0 Å². The number of ether oxygens (including phenoxy) is 1. The fraction of sp³-hybridized carbons (Fsp3) is 0.389. The van der Waals surface area contributed by atoms with Gasteiger partial charge in [0.2, 0.25) is 5.95 Å². The first kappa shape index (κ1) is 16.4. The van der Waals surface area contributed by atoms with Gasteiger partial charge < -0.3 is 15.4 Å². The first-order valence-electron chi connectivity index (χ1n) is 8.22. The molecule has 3 rings (SSSR count). The van der Waals surface area contributed by atoms with Crippen LogP contribution in [-0.2, 0) is 11.3 Å². The van der Waals surface area contributed by atoms with Crippen molar-refractivity contribution < 1.29 is 9.53 Å². The highest BCUT2D eigenvalue weighted by molar-refractivity contribution is 5.93. The van der Waals surface area contributed by atoms with Gasteiger partial charge in [-0.2, -0.15) is 0 Å². The standard InChI is InChI=1S/C18H22N4O2/c1-13-4-2-5-14(8-13)9-19-17(23)15-10-20-18(21-11-15)22-12-16-6-3-7-24-16/h2,4-5,8,10-11,16H,3,6-7,9,12H2,1H3,(H,19,23)(H,20,21,22). The zero-order valence-electron chi connectivity index (χ0n) is 13.8. The number of anilines is 1. The molecule has 6 heteroatoms. The van der Waals surface area contributed by atoms with Gasteiger partial charge in [-0.25, -0.2) is 9.97 Å². The number of aromatic nitrogens is 2. The Hall–Kier alpha value is -2.47. The molecule has 0 radical (unpaired) electrons. The minimum Gasteiger partial charge on any atom is -0.376 e. The van der Waals surface area contributed by atoms with E-state index in [1.807, 2.05) is 25.1 Å². The Balaban J connectivity index is 1.49. The SMILES string of the molecule is Cc1cccc(CNC(=O)c2cnc(NCC3CCCO3)nc2)c1. The minimum absolute atomic E-state index is 0.179. The highest BCUT2D eigenvalue weighted by Gasteiger charge is 2.15. The lowest BCUT2D eigenvalue weighted by atomic mass is 10.1. The third kappa shape index (κ3) is 4.52. The number of hydrogen-bond acceptors (Lipinski definition) is 5. The second kappa shape index (κ2) is 7.88. The topological polar surface area (TPSA) is 76.1 Å². The van der Waals surface area contributed by atoms with Crippen molar-refractivity contribution in [1.82, 2.24) is 15.3 Å². The van der Waals surface area contributed by atoms with E-state index in [0.29, 0.717) is 24.6 Å². The Labute approximate surface area is 141 Å². The van der Waals surface area contributed by atoms with Gasteiger partial charge in [0, 0.05) is 32.1 Å². The number of carbonyl (C=O) groups is 1. The van der Waals surface area contributed by atoms with Gasteiger partial charge in [0.1, 0.15) is 0 Å². The molecule has 1 aromatic carbocycles. The summed E-state index contributed by atoms with van der Waals surface area (Å²) in [6.07, 6.45) is 5.47. The molecule has 2 heterocycles. The Morgan fingerprint density at radius 3 is 2.88 bits per heavy atom. The van der Waals surface area contributed by atoms with Crippen molar-refractivity contribution in [3.63, 3.8) is 0 Å². The van der Waals surface area contributed by atoms with Crippen molar-refractivity contribution in [1.29, 1.82) is 0 Å². The second-order valence-electron chi connectivity index (χ2n) is 5.98. The molecular formula is C18H22N4O2. The van der Waals surface area contributed by atoms with Gasteiger partial charge in [0.05, 0.1) is 11.7 Å². The molecule has 1 fully saturated rings. The van der Waals surface area contributed by atoms with Gasteiger partial charge >= 0.3 is 0 Å². The molecule has 0 aliphatic carbocycles. The van der Waals surface area contributed by atoms with Crippen LogP contribution in [0.1, 0.15) is 34.3 Å². The van der Waals surface area contributed by atoms with Crippen LogP contribution in [0.25, 0.3) is 0 Å². The molecular weight excluding hydrogens is 304 g/mol. The Morgan fingerprint density at radius 2 is 2.17 bits per heavy atom. The summed E-state index contributed by atoms with van der Waals surface area (Å²) in [5.41, 5.74) is 2.69. The van der Waals surface area contributed by atoms with Crippen molar-refractivity contribution in [2.45, 2.75) is 32.4 Å². The maximum absolute atomic E-state index is 12.1. The smallest absolute Gasteiger partial charge is 0.254 e. The summed E-state index contributed by atoms with van der Waals surface area (Å²) in [5.74, 6) is 0.336. The van der Waals surface area contributed by atoms with E-state index in [9.17, 15) is 4.79 Å². The molecule has 2 N–H and O–H groups in total. The zero-order chi connectivity index (χ0) is 16.8. The van der Waals surface area contributed by atoms with Crippen LogP contribution in [0.3, 0.4) is 0 Å². The number of rotatable bonds is 6. The highest BCUT2D eigenvalue weighted by atomic mass is 16.5. The van der Waals surface area contributed by atoms with Gasteiger partial charge in [-0.05, 0) is 25.3 Å². The number of nitrogens with one attached hydrogen (secondary N) is 2. The number of nitrogens with zero attached hydrogens (tertiary/aromatic N) is 2. The Morgan fingerprint density at radius 1 is 1.33 bits per heavy atom. The molecule has 0 spiro atoms. The lowest BCUT2D eigenvalue weighted by Gasteiger charge is -2.10. The van der Waals surface area contributed by atoms with Gasteiger partial charge in [-0.3, -0.25) is 4.79 Å². The van der Waals surface area contributed by atoms with E-state index < -0.39 is 0 Å². The molecule has 1 amide bonds. The quantitative estimate of drug-likeness (QED) is 0.852. The van der Waals surface area contributed by atoms with Gasteiger partial charge in [0.25, 0.3) is 5.91 Å². The van der Waals surface area contributed by atoms with Gasteiger partial charge in [-0.1, -0.05) is 29.8 Å². The molecule has 0 bridgehead atoms. The lowest BCUT2D eigenvalue weighted by molar-refractivity contribution is 0.0950. The summed E-state index contributed by atoms with van der Waals surface area (Å²) < 4.78 is 5.54. The number of benzene rings is 1. The predicted octanol–water partition coefficient (Wildman–Crippen LogP) is 2.31. The van der Waals surface area contributed by atoms with Crippen molar-refractivity contribution >= 4 is 11.9 Å². The monoisotopic (exact) mass is 326 g/mol. The molecule has 6 nitrogen and oxygen atoms in total. The van der Waals surface area contributed by atoms with Crippen LogP contribution in [0.4, 0.5) is 5.95 Å². The minimum atomic E-state index is -0.179. The number of hydrogen-bond donors (Lipinski definition) is 2. The van der Waals surface area contributed by atoms with E-state index in [2.05, 4.69) is 26.7 Å². The third-order valence-corrected chi connectivity index (χ3v) is 3.96. The molecule has 1 saturated heterocycles. The van der Waals surface area contributed by atoms with Crippen LogP contribution in [0.15, 0.2) is 36.7 Å². The third-order valence-electron chi connectivity index (χ3n) is 3.96. The number of aryl methyl sites for hydroxylation is 1. The maximum atomic E-state index is 12.1. The summed E-state index contributed by atoms with van der Waals surface area (Å²) >= 11 is 0. The number of amides is 1. The average molecular weight is 326 g/mol. The maximum Gasteiger partial charge on any atom is 0.254 e. The van der Waals surface area contributed by atoms with Crippen LogP contribution < -0.4 is 10.6 Å². The zero-order valence-corrected chi connectivity index (χ0v) is 13.8. The fourth-order valence-corrected chi connectivity index (χ4v) is 2.65. The fourth-order valence-electron chi connectivity index (χ4n) is 2.65.